The molecular formula is C10H9F3N2O3S. The molecule has 0 heterocycles. The summed E-state index contributed by atoms with van der Waals surface area (Å²) in [5.74, 6) is -0.702. The minimum atomic E-state index is -4.94. The van der Waals surface area contributed by atoms with Gasteiger partial charge >= 0.3 is 6.36 Å². The van der Waals surface area contributed by atoms with Crippen molar-refractivity contribution in [3.05, 3.63) is 23.8 Å². The molecule has 9 heteroatoms. The minimum absolute atomic E-state index is 0.261. The van der Waals surface area contributed by atoms with Crippen molar-refractivity contribution in [2.45, 2.75) is 11.3 Å². The van der Waals surface area contributed by atoms with Crippen LogP contribution in [0.4, 0.5) is 13.2 Å². The van der Waals surface area contributed by atoms with Crippen molar-refractivity contribution < 1.29 is 26.3 Å². The number of hydrogen-bond acceptors (Lipinski definition) is 4. The van der Waals surface area contributed by atoms with Crippen LogP contribution in [0.1, 0.15) is 5.56 Å². The molecule has 0 spiro atoms. The van der Waals surface area contributed by atoms with E-state index < -0.39 is 27.0 Å². The van der Waals surface area contributed by atoms with Gasteiger partial charge in [-0.3, -0.25) is 0 Å². The molecule has 0 unspecified atom stereocenters. The topological polar surface area (TPSA) is 70.4 Å². The molecule has 5 nitrogen and oxygen atoms in total. The van der Waals surface area contributed by atoms with Crippen molar-refractivity contribution in [2.75, 3.05) is 14.1 Å². The fourth-order valence-corrected chi connectivity index (χ4v) is 2.25. The third-order valence-electron chi connectivity index (χ3n) is 2.07. The van der Waals surface area contributed by atoms with Crippen LogP contribution in [0.2, 0.25) is 0 Å². The fraction of sp³-hybridized carbons (Fsp3) is 0.300. The Balaban J connectivity index is 3.38. The van der Waals surface area contributed by atoms with Crippen molar-refractivity contribution >= 4 is 10.0 Å². The van der Waals surface area contributed by atoms with Crippen LogP contribution in [0.3, 0.4) is 0 Å². The van der Waals surface area contributed by atoms with Crippen LogP contribution in [0.15, 0.2) is 23.1 Å². The Kier molecular flexibility index (Phi) is 4.07. The van der Waals surface area contributed by atoms with Gasteiger partial charge in [0.25, 0.3) is 0 Å². The van der Waals surface area contributed by atoms with Crippen LogP contribution in [-0.2, 0) is 10.0 Å². The lowest BCUT2D eigenvalue weighted by atomic mass is 10.2. The normalized spacial score (nSPS) is 12.3. The quantitative estimate of drug-likeness (QED) is 0.851. The van der Waals surface area contributed by atoms with E-state index in [0.717, 1.165) is 16.4 Å². The number of nitriles is 1. The average Bonchev–Trinajstić information content (AvgIpc) is 2.26. The van der Waals surface area contributed by atoms with Gasteiger partial charge in [0.15, 0.2) is 0 Å². The van der Waals surface area contributed by atoms with Crippen LogP contribution in [-0.4, -0.2) is 33.2 Å². The van der Waals surface area contributed by atoms with Crippen molar-refractivity contribution in [3.63, 3.8) is 0 Å². The number of halogens is 3. The summed E-state index contributed by atoms with van der Waals surface area (Å²) < 4.78 is 64.3. The van der Waals surface area contributed by atoms with Crippen LogP contribution in [0, 0.1) is 11.3 Å². The van der Waals surface area contributed by atoms with Gasteiger partial charge in [0.05, 0.1) is 5.56 Å². The smallest absolute Gasteiger partial charge is 0.406 e. The van der Waals surface area contributed by atoms with Gasteiger partial charge in [-0.1, -0.05) is 0 Å². The Labute approximate surface area is 107 Å². The lowest BCUT2D eigenvalue weighted by Crippen LogP contribution is -2.23. The highest BCUT2D eigenvalue weighted by atomic mass is 32.2. The summed E-state index contributed by atoms with van der Waals surface area (Å²) in [6.07, 6.45) is -4.94. The van der Waals surface area contributed by atoms with E-state index in [1.165, 1.54) is 14.1 Å². The van der Waals surface area contributed by atoms with Crippen molar-refractivity contribution in [1.29, 1.82) is 5.26 Å². The predicted octanol–water partition coefficient (Wildman–Crippen LogP) is 1.71. The molecule has 1 aromatic rings. The summed E-state index contributed by atoms with van der Waals surface area (Å²) >= 11 is 0. The molecule has 0 saturated carbocycles. The molecule has 104 valence electrons. The Hall–Kier alpha value is -1.79. The van der Waals surface area contributed by atoms with Gasteiger partial charge in [-0.2, -0.15) is 5.26 Å². The van der Waals surface area contributed by atoms with E-state index in [0.29, 0.717) is 6.07 Å². The molecule has 0 aliphatic carbocycles. The molecule has 1 aromatic carbocycles. The van der Waals surface area contributed by atoms with Crippen LogP contribution >= 0.6 is 0 Å². The molecule has 1 rings (SSSR count). The highest BCUT2D eigenvalue weighted by Crippen LogP contribution is 2.28. The standard InChI is InChI=1S/C10H9F3N2O3S/c1-15(2)19(16,17)9-5-8(18-10(11,12)13)4-3-7(9)6-14/h3-5H,1-2H3. The van der Waals surface area contributed by atoms with E-state index in [1.807, 2.05) is 0 Å². The first-order valence-electron chi connectivity index (χ1n) is 4.80. The van der Waals surface area contributed by atoms with E-state index in [1.54, 1.807) is 6.07 Å². The highest BCUT2D eigenvalue weighted by Gasteiger charge is 2.32. The van der Waals surface area contributed by atoms with E-state index in [-0.39, 0.29) is 5.56 Å². The summed E-state index contributed by atoms with van der Waals surface area (Å²) in [5, 5.41) is 8.79. The van der Waals surface area contributed by atoms with E-state index in [4.69, 9.17) is 5.26 Å². The zero-order chi connectivity index (χ0) is 14.8. The van der Waals surface area contributed by atoms with Gasteiger partial charge in [-0.05, 0) is 12.1 Å². The maximum absolute atomic E-state index is 12.1. The Bertz CT molecular complexity index is 618. The van der Waals surface area contributed by atoms with Gasteiger partial charge in [0.1, 0.15) is 16.7 Å². The van der Waals surface area contributed by atoms with Crippen molar-refractivity contribution in [1.82, 2.24) is 4.31 Å². The lowest BCUT2D eigenvalue weighted by molar-refractivity contribution is -0.274. The summed E-state index contributed by atoms with van der Waals surface area (Å²) in [7, 11) is -1.63. The predicted molar refractivity (Wildman–Crippen MR) is 58.7 cm³/mol. The highest BCUT2D eigenvalue weighted by molar-refractivity contribution is 7.89. The molecule has 0 radical (unpaired) electrons. The Morgan fingerprint density at radius 2 is 1.89 bits per heavy atom. The van der Waals surface area contributed by atoms with Gasteiger partial charge in [-0.15, -0.1) is 13.2 Å². The second kappa shape index (κ2) is 5.07. The summed E-state index contributed by atoms with van der Waals surface area (Å²) in [6.45, 7) is 0. The number of benzene rings is 1. The first-order valence-corrected chi connectivity index (χ1v) is 6.24. The summed E-state index contributed by atoms with van der Waals surface area (Å²) in [5.41, 5.74) is -0.261. The molecule has 0 bridgehead atoms. The largest absolute Gasteiger partial charge is 0.573 e. The summed E-state index contributed by atoms with van der Waals surface area (Å²) in [6, 6.07) is 4.10. The lowest BCUT2D eigenvalue weighted by Gasteiger charge is -2.14. The van der Waals surface area contributed by atoms with Crippen LogP contribution < -0.4 is 4.74 Å². The third kappa shape index (κ3) is 3.59. The second-order valence-electron chi connectivity index (χ2n) is 3.61. The first-order chi connectivity index (χ1) is 8.58. The molecule has 0 aliphatic heterocycles. The SMILES string of the molecule is CN(C)S(=O)(=O)c1cc(OC(F)(F)F)ccc1C#N. The van der Waals surface area contributed by atoms with E-state index in [2.05, 4.69) is 4.74 Å². The number of nitrogens with zero attached hydrogens (tertiary/aromatic N) is 2. The third-order valence-corrected chi connectivity index (χ3v) is 3.92. The molecule has 0 aliphatic rings. The Morgan fingerprint density at radius 1 is 1.32 bits per heavy atom. The molecule has 0 aromatic heterocycles. The molecule has 0 saturated heterocycles. The van der Waals surface area contributed by atoms with Crippen molar-refractivity contribution in [3.8, 4) is 11.8 Å². The van der Waals surface area contributed by atoms with Gasteiger partial charge < -0.3 is 4.74 Å². The van der Waals surface area contributed by atoms with Gasteiger partial charge in [0, 0.05) is 20.2 Å². The first kappa shape index (κ1) is 15.3. The zero-order valence-electron chi connectivity index (χ0n) is 9.89. The van der Waals surface area contributed by atoms with Gasteiger partial charge in [-0.25, -0.2) is 12.7 Å². The molecule has 0 atom stereocenters. The molecule has 0 N–H and O–H groups in total. The summed E-state index contributed by atoms with van der Waals surface area (Å²) in [4.78, 5) is -0.540. The fourth-order valence-electron chi connectivity index (χ4n) is 1.20. The van der Waals surface area contributed by atoms with E-state index in [9.17, 15) is 21.6 Å². The molecule has 0 fully saturated rings. The van der Waals surface area contributed by atoms with Crippen molar-refractivity contribution in [2.24, 2.45) is 0 Å². The molecule has 0 amide bonds. The number of hydrogen-bond donors (Lipinski definition) is 0. The monoisotopic (exact) mass is 294 g/mol. The second-order valence-corrected chi connectivity index (χ2v) is 5.73. The number of sulfonamides is 1. The average molecular weight is 294 g/mol. The number of ether oxygens (including phenoxy) is 1. The maximum Gasteiger partial charge on any atom is 0.573 e. The zero-order valence-corrected chi connectivity index (χ0v) is 10.7. The number of rotatable bonds is 3. The Morgan fingerprint density at radius 3 is 2.32 bits per heavy atom. The number of alkyl halides is 3. The molecule has 19 heavy (non-hydrogen) atoms. The maximum atomic E-state index is 12.1. The van der Waals surface area contributed by atoms with Gasteiger partial charge in [0.2, 0.25) is 10.0 Å². The molecular weight excluding hydrogens is 285 g/mol. The van der Waals surface area contributed by atoms with E-state index >= 15 is 0 Å². The van der Waals surface area contributed by atoms with Crippen LogP contribution in [0.5, 0.6) is 5.75 Å². The van der Waals surface area contributed by atoms with Crippen LogP contribution in [0.25, 0.3) is 0 Å². The minimum Gasteiger partial charge on any atom is -0.406 e.